The molecule has 4 fully saturated rings. The molecule has 0 heterocycles. The Balaban J connectivity index is 1.66. The summed E-state index contributed by atoms with van der Waals surface area (Å²) in [6.07, 6.45) is 10.6. The van der Waals surface area contributed by atoms with Crippen LogP contribution in [0.5, 0.6) is 0 Å². The Hall–Kier alpha value is -1.12. The van der Waals surface area contributed by atoms with E-state index in [0.29, 0.717) is 18.3 Å². The van der Waals surface area contributed by atoms with Crippen molar-refractivity contribution in [1.29, 1.82) is 0 Å². The highest BCUT2D eigenvalue weighted by Gasteiger charge is 2.78. The Morgan fingerprint density at radius 2 is 2.11 bits per heavy atom. The SMILES string of the molecule is CC(=O)C/C=C\CC[C@@]1(C(=O)O)[C@H]2C[C@@]13CC[C@H]2C3. The van der Waals surface area contributed by atoms with Gasteiger partial charge in [-0.25, -0.2) is 0 Å². The van der Waals surface area contributed by atoms with Crippen LogP contribution in [0.2, 0.25) is 0 Å². The average Bonchev–Trinajstić information content (AvgIpc) is 2.98. The van der Waals surface area contributed by atoms with Gasteiger partial charge in [-0.2, -0.15) is 0 Å². The lowest BCUT2D eigenvalue weighted by atomic mass is 9.43. The van der Waals surface area contributed by atoms with E-state index in [1.165, 1.54) is 6.42 Å². The van der Waals surface area contributed by atoms with E-state index in [-0.39, 0.29) is 11.2 Å². The quantitative estimate of drug-likeness (QED) is 0.748. The van der Waals surface area contributed by atoms with E-state index >= 15 is 0 Å². The molecule has 0 unspecified atom stereocenters. The van der Waals surface area contributed by atoms with E-state index in [9.17, 15) is 14.7 Å². The maximum atomic E-state index is 11.8. The Labute approximate surface area is 114 Å². The number of ketones is 1. The van der Waals surface area contributed by atoms with Gasteiger partial charge in [0.1, 0.15) is 5.78 Å². The molecule has 4 rings (SSSR count). The molecule has 0 saturated heterocycles. The van der Waals surface area contributed by atoms with Gasteiger partial charge >= 0.3 is 5.97 Å². The van der Waals surface area contributed by atoms with Gasteiger partial charge in [-0.1, -0.05) is 12.2 Å². The number of carbonyl (C=O) groups excluding carboxylic acids is 1. The summed E-state index contributed by atoms with van der Waals surface area (Å²) in [5, 5.41) is 9.75. The van der Waals surface area contributed by atoms with Crippen LogP contribution in [0.4, 0.5) is 0 Å². The smallest absolute Gasteiger partial charge is 0.310 e. The Morgan fingerprint density at radius 3 is 2.58 bits per heavy atom. The predicted molar refractivity (Wildman–Crippen MR) is 71.6 cm³/mol. The molecule has 104 valence electrons. The van der Waals surface area contributed by atoms with Gasteiger partial charge in [-0.3, -0.25) is 9.59 Å². The summed E-state index contributed by atoms with van der Waals surface area (Å²) in [7, 11) is 0. The molecule has 19 heavy (non-hydrogen) atoms. The van der Waals surface area contributed by atoms with Gasteiger partial charge in [0.05, 0.1) is 5.41 Å². The maximum absolute atomic E-state index is 11.8. The van der Waals surface area contributed by atoms with E-state index in [4.69, 9.17) is 0 Å². The highest BCUT2D eigenvalue weighted by atomic mass is 16.4. The van der Waals surface area contributed by atoms with E-state index in [1.54, 1.807) is 6.92 Å². The highest BCUT2D eigenvalue weighted by molar-refractivity contribution is 5.79. The van der Waals surface area contributed by atoms with Crippen LogP contribution in [0, 0.1) is 22.7 Å². The summed E-state index contributed by atoms with van der Waals surface area (Å²) in [4.78, 5) is 22.7. The van der Waals surface area contributed by atoms with Crippen molar-refractivity contribution in [3.8, 4) is 0 Å². The number of allylic oxidation sites excluding steroid dienone is 2. The second-order valence-electron chi connectivity index (χ2n) is 6.79. The number of carboxylic acid groups (broad SMARTS) is 1. The lowest BCUT2D eigenvalue weighted by Crippen LogP contribution is -2.59. The molecule has 4 atom stereocenters. The van der Waals surface area contributed by atoms with Gasteiger partial charge < -0.3 is 5.11 Å². The largest absolute Gasteiger partial charge is 0.481 e. The normalized spacial score (nSPS) is 42.6. The number of rotatable bonds is 6. The molecule has 4 aliphatic rings. The van der Waals surface area contributed by atoms with Crippen LogP contribution in [0.3, 0.4) is 0 Å². The van der Waals surface area contributed by atoms with Crippen LogP contribution < -0.4 is 0 Å². The topological polar surface area (TPSA) is 54.4 Å². The minimum atomic E-state index is -0.564. The van der Waals surface area contributed by atoms with Crippen molar-refractivity contribution in [1.82, 2.24) is 0 Å². The molecule has 3 nitrogen and oxygen atoms in total. The second-order valence-corrected chi connectivity index (χ2v) is 6.79. The van der Waals surface area contributed by atoms with Crippen molar-refractivity contribution in [2.45, 2.75) is 51.9 Å². The molecule has 0 amide bonds. The zero-order valence-electron chi connectivity index (χ0n) is 11.5. The minimum absolute atomic E-state index is 0.128. The first-order valence-electron chi connectivity index (χ1n) is 7.40. The lowest BCUT2D eigenvalue weighted by molar-refractivity contribution is -0.188. The van der Waals surface area contributed by atoms with E-state index in [2.05, 4.69) is 0 Å². The summed E-state index contributed by atoms with van der Waals surface area (Å²) in [5.41, 5.74) is -0.306. The van der Waals surface area contributed by atoms with Gasteiger partial charge in [0.2, 0.25) is 0 Å². The molecule has 4 saturated carbocycles. The first kappa shape index (κ1) is 12.9. The zero-order valence-corrected chi connectivity index (χ0v) is 11.5. The zero-order chi connectivity index (χ0) is 13.7. The molecule has 0 aliphatic heterocycles. The van der Waals surface area contributed by atoms with E-state index in [0.717, 1.165) is 32.1 Å². The van der Waals surface area contributed by atoms with Crippen LogP contribution in [0.1, 0.15) is 51.9 Å². The fraction of sp³-hybridized carbons (Fsp3) is 0.750. The predicted octanol–water partition coefficient (Wildman–Crippen LogP) is 3.19. The molecule has 4 aliphatic carbocycles. The third-order valence-corrected chi connectivity index (χ3v) is 6.06. The first-order chi connectivity index (χ1) is 9.02. The lowest BCUT2D eigenvalue weighted by Gasteiger charge is -2.58. The first-order valence-corrected chi connectivity index (χ1v) is 7.40. The van der Waals surface area contributed by atoms with E-state index in [1.807, 2.05) is 12.2 Å². The van der Waals surface area contributed by atoms with Gasteiger partial charge in [-0.15, -0.1) is 0 Å². The van der Waals surface area contributed by atoms with E-state index < -0.39 is 11.4 Å². The molecular weight excluding hydrogens is 240 g/mol. The second kappa shape index (κ2) is 4.19. The summed E-state index contributed by atoms with van der Waals surface area (Å²) >= 11 is 0. The molecule has 0 aromatic heterocycles. The Kier molecular flexibility index (Phi) is 2.84. The van der Waals surface area contributed by atoms with Crippen molar-refractivity contribution < 1.29 is 14.7 Å². The van der Waals surface area contributed by atoms with Crippen LogP contribution in [0.25, 0.3) is 0 Å². The van der Waals surface area contributed by atoms with Crippen molar-refractivity contribution in [3.05, 3.63) is 12.2 Å². The minimum Gasteiger partial charge on any atom is -0.481 e. The fourth-order valence-corrected chi connectivity index (χ4v) is 5.33. The number of carbonyl (C=O) groups is 2. The molecular formula is C16H22O3. The Morgan fingerprint density at radius 1 is 1.32 bits per heavy atom. The van der Waals surface area contributed by atoms with Gasteiger partial charge in [-0.05, 0) is 62.7 Å². The number of aliphatic carboxylic acids is 1. The molecule has 1 spiro atoms. The van der Waals surface area contributed by atoms with Crippen LogP contribution >= 0.6 is 0 Å². The van der Waals surface area contributed by atoms with Crippen molar-refractivity contribution in [2.24, 2.45) is 22.7 Å². The summed E-state index contributed by atoms with van der Waals surface area (Å²) < 4.78 is 0. The monoisotopic (exact) mass is 262 g/mol. The number of hydrogen-bond donors (Lipinski definition) is 1. The molecule has 0 aromatic rings. The average molecular weight is 262 g/mol. The van der Waals surface area contributed by atoms with Gasteiger partial charge in [0, 0.05) is 6.42 Å². The van der Waals surface area contributed by atoms with Gasteiger partial charge in [0.25, 0.3) is 0 Å². The van der Waals surface area contributed by atoms with Crippen LogP contribution in [-0.2, 0) is 9.59 Å². The van der Waals surface area contributed by atoms with Crippen molar-refractivity contribution in [2.75, 3.05) is 0 Å². The van der Waals surface area contributed by atoms with Crippen LogP contribution in [-0.4, -0.2) is 16.9 Å². The fourth-order valence-electron chi connectivity index (χ4n) is 5.33. The molecule has 0 aromatic carbocycles. The summed E-state index contributed by atoms with van der Waals surface area (Å²) in [6, 6.07) is 0. The van der Waals surface area contributed by atoms with Crippen LogP contribution in [0.15, 0.2) is 12.2 Å². The number of Topliss-reactive ketones (excluding diaryl/α,β-unsaturated/α-hetero) is 1. The Bertz CT molecular complexity index is 449. The third-order valence-electron chi connectivity index (χ3n) is 6.06. The van der Waals surface area contributed by atoms with Crippen molar-refractivity contribution in [3.63, 3.8) is 0 Å². The summed E-state index contributed by atoms with van der Waals surface area (Å²) in [5.74, 6) is 0.703. The van der Waals surface area contributed by atoms with Crippen molar-refractivity contribution >= 4 is 11.8 Å². The molecule has 1 N–H and O–H groups in total. The third kappa shape index (κ3) is 1.56. The summed E-state index contributed by atoms with van der Waals surface area (Å²) in [6.45, 7) is 1.58. The standard InChI is InChI=1S/C16H22O3/c1-11(17)5-3-2-4-7-16(14(18)19)13-10-15(16)8-6-12(13)9-15/h2-3,12-13H,4-10H2,1H3,(H,18,19)/b3-2-/t12-,13-,15-,16-/m0/s1. The maximum Gasteiger partial charge on any atom is 0.310 e. The van der Waals surface area contributed by atoms with Gasteiger partial charge in [0.15, 0.2) is 0 Å². The number of hydrogen-bond acceptors (Lipinski definition) is 2. The molecule has 3 heteroatoms. The molecule has 3 bridgehead atoms. The number of carboxylic acids is 1. The molecule has 0 radical (unpaired) electrons. The highest BCUT2D eigenvalue weighted by Crippen LogP contribution is 2.81.